The Kier molecular flexibility index (Phi) is 4.04. The maximum atomic E-state index is 13.8. The molecule has 3 aliphatic rings. The molecular weight excluding hydrogens is 314 g/mol. The van der Waals surface area contributed by atoms with Crippen molar-refractivity contribution in [2.75, 3.05) is 32.8 Å². The van der Waals surface area contributed by atoms with E-state index in [1.54, 1.807) is 4.90 Å². The van der Waals surface area contributed by atoms with Gasteiger partial charge in [-0.3, -0.25) is 9.69 Å². The van der Waals surface area contributed by atoms with Gasteiger partial charge >= 0.3 is 0 Å². The van der Waals surface area contributed by atoms with Crippen LogP contribution in [0.3, 0.4) is 0 Å². The minimum atomic E-state index is -0.806. The summed E-state index contributed by atoms with van der Waals surface area (Å²) in [5.74, 6) is -1.87. The van der Waals surface area contributed by atoms with Crippen molar-refractivity contribution in [2.24, 2.45) is 0 Å². The number of carbonyl (C=O) groups is 1. The number of hydrogen-bond acceptors (Lipinski definition) is 3. The molecule has 0 N–H and O–H groups in total. The monoisotopic (exact) mass is 336 g/mol. The number of hydrogen-bond donors (Lipinski definition) is 0. The Morgan fingerprint density at radius 1 is 1.17 bits per heavy atom. The molecule has 1 unspecified atom stereocenters. The highest BCUT2D eigenvalue weighted by atomic mass is 19.1. The summed E-state index contributed by atoms with van der Waals surface area (Å²) >= 11 is 0. The lowest BCUT2D eigenvalue weighted by Crippen LogP contribution is -2.63. The number of likely N-dealkylation sites (tertiary alicyclic amines) is 2. The third kappa shape index (κ3) is 2.82. The van der Waals surface area contributed by atoms with Gasteiger partial charge in [0.05, 0.1) is 25.3 Å². The van der Waals surface area contributed by atoms with Crippen LogP contribution in [0.15, 0.2) is 18.2 Å². The fraction of sp³-hybridized carbons (Fsp3) is 0.611. The summed E-state index contributed by atoms with van der Waals surface area (Å²) in [6.07, 6.45) is 4.74. The Hall–Kier alpha value is -1.53. The molecule has 1 aromatic rings. The molecule has 1 spiro atoms. The molecule has 0 radical (unpaired) electrons. The Labute approximate surface area is 140 Å². The number of nitrogens with zero attached hydrogens (tertiary/aromatic N) is 2. The third-order valence-electron chi connectivity index (χ3n) is 5.50. The predicted molar refractivity (Wildman–Crippen MR) is 84.8 cm³/mol. The normalized spacial score (nSPS) is 26.6. The van der Waals surface area contributed by atoms with E-state index in [0.717, 1.165) is 31.6 Å². The van der Waals surface area contributed by atoms with Gasteiger partial charge < -0.3 is 9.64 Å². The number of benzene rings is 1. The van der Waals surface area contributed by atoms with Gasteiger partial charge in [0.2, 0.25) is 0 Å². The first-order valence-electron chi connectivity index (χ1n) is 8.69. The summed E-state index contributed by atoms with van der Waals surface area (Å²) in [5.41, 5.74) is -0.342. The van der Waals surface area contributed by atoms with Crippen molar-refractivity contribution < 1.29 is 18.3 Å². The van der Waals surface area contributed by atoms with E-state index in [-0.39, 0.29) is 17.1 Å². The first-order chi connectivity index (χ1) is 11.6. The molecule has 0 saturated carbocycles. The van der Waals surface area contributed by atoms with Crippen molar-refractivity contribution in [3.63, 3.8) is 0 Å². The number of piperidine rings is 1. The van der Waals surface area contributed by atoms with Crippen LogP contribution < -0.4 is 0 Å². The van der Waals surface area contributed by atoms with Crippen molar-refractivity contribution >= 4 is 5.91 Å². The summed E-state index contributed by atoms with van der Waals surface area (Å²) < 4.78 is 32.8. The van der Waals surface area contributed by atoms with Crippen molar-refractivity contribution in [1.29, 1.82) is 0 Å². The van der Waals surface area contributed by atoms with E-state index in [2.05, 4.69) is 4.90 Å². The van der Waals surface area contributed by atoms with E-state index in [9.17, 15) is 13.6 Å². The van der Waals surface area contributed by atoms with Gasteiger partial charge in [0.15, 0.2) is 0 Å². The van der Waals surface area contributed by atoms with E-state index >= 15 is 0 Å². The standard InChI is InChI=1S/C18H22F2N2O2/c19-13-4-5-15(16(20)8-13)17(23)22-11-18(12-22)9-14(10-24-18)21-6-2-1-3-7-21/h4-5,8,14H,1-3,6-7,9-12H2. The second-order valence-corrected chi connectivity index (χ2v) is 7.23. The van der Waals surface area contributed by atoms with Crippen LogP contribution in [-0.2, 0) is 4.74 Å². The van der Waals surface area contributed by atoms with Crippen LogP contribution in [0, 0.1) is 11.6 Å². The van der Waals surface area contributed by atoms with E-state index in [0.29, 0.717) is 25.7 Å². The van der Waals surface area contributed by atoms with Gasteiger partial charge in [-0.05, 0) is 44.5 Å². The second-order valence-electron chi connectivity index (χ2n) is 7.23. The predicted octanol–water partition coefficient (Wildman–Crippen LogP) is 2.43. The van der Waals surface area contributed by atoms with Crippen molar-refractivity contribution in [2.45, 2.75) is 37.3 Å². The van der Waals surface area contributed by atoms with Gasteiger partial charge in [-0.15, -0.1) is 0 Å². The summed E-state index contributed by atoms with van der Waals surface area (Å²) in [7, 11) is 0. The zero-order valence-electron chi connectivity index (χ0n) is 13.6. The zero-order chi connectivity index (χ0) is 16.7. The molecule has 0 bridgehead atoms. The Bertz CT molecular complexity index is 640. The van der Waals surface area contributed by atoms with Gasteiger partial charge in [-0.2, -0.15) is 0 Å². The van der Waals surface area contributed by atoms with E-state index in [4.69, 9.17) is 4.74 Å². The molecule has 3 fully saturated rings. The molecule has 3 heterocycles. The average molecular weight is 336 g/mol. The Morgan fingerprint density at radius 3 is 2.62 bits per heavy atom. The second kappa shape index (κ2) is 6.08. The van der Waals surface area contributed by atoms with Gasteiger partial charge in [0.1, 0.15) is 17.2 Å². The zero-order valence-corrected chi connectivity index (χ0v) is 13.6. The molecule has 0 aromatic heterocycles. The highest BCUT2D eigenvalue weighted by Gasteiger charge is 2.52. The maximum absolute atomic E-state index is 13.8. The maximum Gasteiger partial charge on any atom is 0.257 e. The molecule has 1 aromatic carbocycles. The van der Waals surface area contributed by atoms with Crippen molar-refractivity contribution in [3.8, 4) is 0 Å². The van der Waals surface area contributed by atoms with Crippen LogP contribution >= 0.6 is 0 Å². The highest BCUT2D eigenvalue weighted by Crippen LogP contribution is 2.38. The number of carbonyl (C=O) groups excluding carboxylic acids is 1. The van der Waals surface area contributed by atoms with Crippen molar-refractivity contribution in [3.05, 3.63) is 35.4 Å². The van der Waals surface area contributed by atoms with Gasteiger partial charge in [-0.1, -0.05) is 6.42 Å². The van der Waals surface area contributed by atoms with E-state index in [1.807, 2.05) is 0 Å². The average Bonchev–Trinajstić information content (AvgIpc) is 2.99. The van der Waals surface area contributed by atoms with Crippen LogP contribution in [0.4, 0.5) is 8.78 Å². The minimum Gasteiger partial charge on any atom is -0.370 e. The summed E-state index contributed by atoms with van der Waals surface area (Å²) in [4.78, 5) is 16.5. The summed E-state index contributed by atoms with van der Waals surface area (Å²) in [5, 5.41) is 0. The third-order valence-corrected chi connectivity index (χ3v) is 5.50. The van der Waals surface area contributed by atoms with Crippen LogP contribution in [-0.4, -0.2) is 60.1 Å². The first kappa shape index (κ1) is 16.0. The number of amides is 1. The molecule has 1 atom stereocenters. The SMILES string of the molecule is O=C(c1ccc(F)cc1F)N1CC2(CC(N3CCCCC3)CO2)C1. The van der Waals surface area contributed by atoms with Crippen LogP contribution in [0.25, 0.3) is 0 Å². The Morgan fingerprint density at radius 2 is 1.92 bits per heavy atom. The molecular formula is C18H22F2N2O2. The fourth-order valence-electron chi connectivity index (χ4n) is 4.18. The largest absolute Gasteiger partial charge is 0.370 e. The van der Waals surface area contributed by atoms with Crippen molar-refractivity contribution in [1.82, 2.24) is 9.80 Å². The molecule has 0 aliphatic carbocycles. The van der Waals surface area contributed by atoms with Gasteiger partial charge in [0.25, 0.3) is 5.91 Å². The molecule has 130 valence electrons. The van der Waals surface area contributed by atoms with Crippen LogP contribution in [0.2, 0.25) is 0 Å². The smallest absolute Gasteiger partial charge is 0.257 e. The Balaban J connectivity index is 1.36. The molecule has 6 heteroatoms. The molecule has 1 amide bonds. The molecule has 4 rings (SSSR count). The fourth-order valence-corrected chi connectivity index (χ4v) is 4.18. The topological polar surface area (TPSA) is 32.8 Å². The van der Waals surface area contributed by atoms with Crippen LogP contribution in [0.5, 0.6) is 0 Å². The first-order valence-corrected chi connectivity index (χ1v) is 8.69. The molecule has 3 aliphatic heterocycles. The minimum absolute atomic E-state index is 0.0724. The number of ether oxygens (including phenoxy) is 1. The van der Waals surface area contributed by atoms with E-state index < -0.39 is 11.6 Å². The lowest BCUT2D eigenvalue weighted by atomic mass is 9.88. The van der Waals surface area contributed by atoms with E-state index in [1.165, 1.54) is 25.3 Å². The van der Waals surface area contributed by atoms with Crippen LogP contribution in [0.1, 0.15) is 36.0 Å². The number of halogens is 2. The summed E-state index contributed by atoms with van der Waals surface area (Å²) in [6.45, 7) is 3.97. The lowest BCUT2D eigenvalue weighted by Gasteiger charge is -2.47. The highest BCUT2D eigenvalue weighted by molar-refractivity contribution is 5.95. The lowest BCUT2D eigenvalue weighted by molar-refractivity contribution is -0.0952. The molecule has 24 heavy (non-hydrogen) atoms. The van der Waals surface area contributed by atoms with Gasteiger partial charge in [-0.25, -0.2) is 8.78 Å². The number of rotatable bonds is 2. The molecule has 4 nitrogen and oxygen atoms in total. The molecule has 3 saturated heterocycles. The quantitative estimate of drug-likeness (QED) is 0.832. The summed E-state index contributed by atoms with van der Waals surface area (Å²) in [6, 6.07) is 3.51. The van der Waals surface area contributed by atoms with Gasteiger partial charge in [0, 0.05) is 12.1 Å².